The van der Waals surface area contributed by atoms with E-state index in [9.17, 15) is 4.39 Å². The van der Waals surface area contributed by atoms with Crippen molar-refractivity contribution in [1.29, 1.82) is 0 Å². The van der Waals surface area contributed by atoms with Gasteiger partial charge in [0.1, 0.15) is 5.82 Å². The summed E-state index contributed by atoms with van der Waals surface area (Å²) in [4.78, 5) is 0. The smallest absolute Gasteiger partial charge is 0.128 e. The quantitative estimate of drug-likeness (QED) is 0.597. The summed E-state index contributed by atoms with van der Waals surface area (Å²) in [7, 11) is 0. The monoisotopic (exact) mass is 154 g/mol. The number of rotatable bonds is 1. The number of nitrogens with two attached hydrogens (primary N) is 2. The molecule has 0 saturated heterocycles. The first-order valence-electron chi connectivity index (χ1n) is 3.40. The van der Waals surface area contributed by atoms with E-state index in [0.717, 1.165) is 5.56 Å². The Kier molecular flexibility index (Phi) is 2.10. The fourth-order valence-electron chi connectivity index (χ4n) is 0.936. The Morgan fingerprint density at radius 3 is 2.64 bits per heavy atom. The molecule has 0 aliphatic heterocycles. The summed E-state index contributed by atoms with van der Waals surface area (Å²) in [5, 5.41) is 0. The first kappa shape index (κ1) is 8.01. The summed E-state index contributed by atoms with van der Waals surface area (Å²) in [5.41, 5.74) is 12.7. The zero-order chi connectivity index (χ0) is 8.43. The van der Waals surface area contributed by atoms with Crippen LogP contribution >= 0.6 is 0 Å². The van der Waals surface area contributed by atoms with Gasteiger partial charge in [0.05, 0.1) is 0 Å². The van der Waals surface area contributed by atoms with Crippen LogP contribution in [0.15, 0.2) is 12.1 Å². The van der Waals surface area contributed by atoms with Gasteiger partial charge in [-0.05, 0) is 18.6 Å². The lowest BCUT2D eigenvalue weighted by molar-refractivity contribution is 0.618. The second-order valence-electron chi connectivity index (χ2n) is 2.45. The standard InChI is InChI=1S/C8H11FN2/c1-5-7(9)3-2-6(4-10)8(5)11/h2-3H,4,10-11H2,1H3. The van der Waals surface area contributed by atoms with Crippen LogP contribution in [0, 0.1) is 12.7 Å². The number of halogens is 1. The number of benzene rings is 1. The number of hydrogen-bond acceptors (Lipinski definition) is 2. The summed E-state index contributed by atoms with van der Waals surface area (Å²) in [5.74, 6) is -0.278. The molecule has 4 N–H and O–H groups in total. The Balaban J connectivity index is 3.25. The molecule has 3 heteroatoms. The third-order valence-corrected chi connectivity index (χ3v) is 1.76. The maximum absolute atomic E-state index is 12.8. The van der Waals surface area contributed by atoms with Crippen molar-refractivity contribution in [2.24, 2.45) is 5.73 Å². The largest absolute Gasteiger partial charge is 0.398 e. The highest BCUT2D eigenvalue weighted by Crippen LogP contribution is 2.18. The van der Waals surface area contributed by atoms with E-state index >= 15 is 0 Å². The van der Waals surface area contributed by atoms with E-state index in [4.69, 9.17) is 11.5 Å². The number of anilines is 1. The number of nitrogen functional groups attached to an aromatic ring is 1. The van der Waals surface area contributed by atoms with Crippen LogP contribution in [0.5, 0.6) is 0 Å². The van der Waals surface area contributed by atoms with Gasteiger partial charge in [0.2, 0.25) is 0 Å². The first-order valence-corrected chi connectivity index (χ1v) is 3.40. The van der Waals surface area contributed by atoms with Crippen molar-refractivity contribution >= 4 is 5.69 Å². The van der Waals surface area contributed by atoms with Crippen LogP contribution in [-0.4, -0.2) is 0 Å². The minimum absolute atomic E-state index is 0.278. The molecule has 0 aliphatic carbocycles. The van der Waals surface area contributed by atoms with Crippen LogP contribution in [0.4, 0.5) is 10.1 Å². The Labute approximate surface area is 65.0 Å². The van der Waals surface area contributed by atoms with Crippen molar-refractivity contribution in [3.8, 4) is 0 Å². The van der Waals surface area contributed by atoms with Crippen molar-refractivity contribution in [1.82, 2.24) is 0 Å². The van der Waals surface area contributed by atoms with E-state index in [1.54, 1.807) is 13.0 Å². The second kappa shape index (κ2) is 2.88. The molecule has 0 aliphatic rings. The van der Waals surface area contributed by atoms with Gasteiger partial charge >= 0.3 is 0 Å². The molecular weight excluding hydrogens is 143 g/mol. The molecule has 1 rings (SSSR count). The predicted octanol–water partition coefficient (Wildman–Crippen LogP) is 1.18. The lowest BCUT2D eigenvalue weighted by Crippen LogP contribution is -2.04. The molecule has 0 bridgehead atoms. The minimum atomic E-state index is -0.278. The SMILES string of the molecule is Cc1c(F)ccc(CN)c1N. The molecule has 0 amide bonds. The maximum atomic E-state index is 12.8. The molecule has 0 unspecified atom stereocenters. The van der Waals surface area contributed by atoms with Gasteiger partial charge in [0.15, 0.2) is 0 Å². The van der Waals surface area contributed by atoms with E-state index in [1.165, 1.54) is 6.07 Å². The molecule has 0 radical (unpaired) electrons. The fourth-order valence-corrected chi connectivity index (χ4v) is 0.936. The zero-order valence-corrected chi connectivity index (χ0v) is 6.39. The van der Waals surface area contributed by atoms with Gasteiger partial charge in [-0.25, -0.2) is 4.39 Å². The van der Waals surface area contributed by atoms with E-state index in [1.807, 2.05) is 0 Å². The fraction of sp³-hybridized carbons (Fsp3) is 0.250. The lowest BCUT2D eigenvalue weighted by Gasteiger charge is -2.05. The average molecular weight is 154 g/mol. The van der Waals surface area contributed by atoms with Gasteiger partial charge in [0.25, 0.3) is 0 Å². The first-order chi connectivity index (χ1) is 5.16. The Morgan fingerprint density at radius 1 is 1.45 bits per heavy atom. The molecule has 11 heavy (non-hydrogen) atoms. The molecule has 0 aromatic heterocycles. The Morgan fingerprint density at radius 2 is 2.09 bits per heavy atom. The van der Waals surface area contributed by atoms with Gasteiger partial charge in [-0.2, -0.15) is 0 Å². The van der Waals surface area contributed by atoms with Gasteiger partial charge in [0, 0.05) is 17.8 Å². The highest BCUT2D eigenvalue weighted by atomic mass is 19.1. The Hall–Kier alpha value is -1.09. The van der Waals surface area contributed by atoms with Crippen LogP contribution in [-0.2, 0) is 6.54 Å². The minimum Gasteiger partial charge on any atom is -0.398 e. The van der Waals surface area contributed by atoms with E-state index in [-0.39, 0.29) is 5.82 Å². The summed E-state index contributed by atoms with van der Waals surface area (Å²) in [6.07, 6.45) is 0. The molecular formula is C8H11FN2. The Bertz CT molecular complexity index is 271. The van der Waals surface area contributed by atoms with E-state index < -0.39 is 0 Å². The molecule has 1 aromatic carbocycles. The summed E-state index contributed by atoms with van der Waals surface area (Å²) in [6, 6.07) is 2.99. The molecule has 1 aromatic rings. The van der Waals surface area contributed by atoms with Crippen molar-refractivity contribution in [3.63, 3.8) is 0 Å². The van der Waals surface area contributed by atoms with E-state index in [2.05, 4.69) is 0 Å². The van der Waals surface area contributed by atoms with Crippen molar-refractivity contribution in [3.05, 3.63) is 29.1 Å². The molecule has 0 heterocycles. The highest BCUT2D eigenvalue weighted by Gasteiger charge is 2.04. The second-order valence-corrected chi connectivity index (χ2v) is 2.45. The molecule has 0 spiro atoms. The van der Waals surface area contributed by atoms with Gasteiger partial charge in [-0.1, -0.05) is 6.07 Å². The van der Waals surface area contributed by atoms with Gasteiger partial charge in [-0.3, -0.25) is 0 Å². The third-order valence-electron chi connectivity index (χ3n) is 1.76. The summed E-state index contributed by atoms with van der Waals surface area (Å²) in [6.45, 7) is 2.00. The van der Waals surface area contributed by atoms with Crippen molar-refractivity contribution in [2.45, 2.75) is 13.5 Å². The van der Waals surface area contributed by atoms with Crippen LogP contribution in [0.2, 0.25) is 0 Å². The lowest BCUT2D eigenvalue weighted by atomic mass is 10.1. The highest BCUT2D eigenvalue weighted by molar-refractivity contribution is 5.53. The molecule has 0 atom stereocenters. The topological polar surface area (TPSA) is 52.0 Å². The molecule has 60 valence electrons. The van der Waals surface area contributed by atoms with Crippen molar-refractivity contribution in [2.75, 3.05) is 5.73 Å². The van der Waals surface area contributed by atoms with Crippen LogP contribution in [0.3, 0.4) is 0 Å². The molecule has 0 fully saturated rings. The van der Waals surface area contributed by atoms with Crippen LogP contribution in [0.1, 0.15) is 11.1 Å². The molecule has 0 saturated carbocycles. The summed E-state index contributed by atoms with van der Waals surface area (Å²) < 4.78 is 12.8. The van der Waals surface area contributed by atoms with E-state index in [0.29, 0.717) is 17.8 Å². The maximum Gasteiger partial charge on any atom is 0.128 e. The molecule has 2 nitrogen and oxygen atoms in total. The normalized spacial score (nSPS) is 10.1. The van der Waals surface area contributed by atoms with Gasteiger partial charge in [-0.15, -0.1) is 0 Å². The van der Waals surface area contributed by atoms with Crippen molar-refractivity contribution < 1.29 is 4.39 Å². The van der Waals surface area contributed by atoms with Crippen LogP contribution in [0.25, 0.3) is 0 Å². The summed E-state index contributed by atoms with van der Waals surface area (Å²) >= 11 is 0. The van der Waals surface area contributed by atoms with Gasteiger partial charge < -0.3 is 11.5 Å². The average Bonchev–Trinajstić information content (AvgIpc) is 2.01. The third kappa shape index (κ3) is 1.33. The van der Waals surface area contributed by atoms with Crippen LogP contribution < -0.4 is 11.5 Å². The zero-order valence-electron chi connectivity index (χ0n) is 6.39. The predicted molar refractivity (Wildman–Crippen MR) is 43.4 cm³/mol. The number of hydrogen-bond donors (Lipinski definition) is 2.